The van der Waals surface area contributed by atoms with E-state index in [1.165, 1.54) is 18.4 Å². The van der Waals surface area contributed by atoms with Gasteiger partial charge in [0, 0.05) is 73.4 Å². The molecule has 0 unspecified atom stereocenters. The Hall–Kier alpha value is -5.90. The van der Waals surface area contributed by atoms with Crippen molar-refractivity contribution in [3.8, 4) is 11.4 Å². The minimum Gasteiger partial charge on any atom is -0.399 e. The maximum atomic E-state index is 5.70. The van der Waals surface area contributed by atoms with Crippen molar-refractivity contribution in [2.75, 3.05) is 37.6 Å². The molecule has 0 bridgehead atoms. The van der Waals surface area contributed by atoms with Crippen LogP contribution in [0.15, 0.2) is 141 Å². The molecule has 5 rings (SSSR count). The van der Waals surface area contributed by atoms with Crippen molar-refractivity contribution in [1.29, 1.82) is 0 Å². The first kappa shape index (κ1) is 37.9. The zero-order chi connectivity index (χ0) is 36.4. The van der Waals surface area contributed by atoms with Crippen molar-refractivity contribution in [1.82, 2.24) is 41.5 Å². The van der Waals surface area contributed by atoms with Crippen LogP contribution in [0.2, 0.25) is 0 Å². The molecule has 0 spiro atoms. The average Bonchev–Trinajstić information content (AvgIpc) is 3.16. The lowest BCUT2D eigenvalue weighted by Gasteiger charge is -2.33. The van der Waals surface area contributed by atoms with Crippen LogP contribution in [-0.4, -0.2) is 41.0 Å². The van der Waals surface area contributed by atoms with Crippen molar-refractivity contribution in [3.63, 3.8) is 0 Å². The lowest BCUT2D eigenvalue weighted by atomic mass is 9.99. The van der Waals surface area contributed by atoms with Gasteiger partial charge in [-0.25, -0.2) is 9.97 Å². The molecule has 10 heteroatoms. The third-order valence-electron chi connectivity index (χ3n) is 8.52. The predicted molar refractivity (Wildman–Crippen MR) is 212 cm³/mol. The molecular formula is C41H54N10. The van der Waals surface area contributed by atoms with Crippen molar-refractivity contribution < 1.29 is 0 Å². The lowest BCUT2D eigenvalue weighted by molar-refractivity contribution is 0.234. The van der Waals surface area contributed by atoms with E-state index >= 15 is 0 Å². The van der Waals surface area contributed by atoms with E-state index in [9.17, 15) is 0 Å². The fourth-order valence-electron chi connectivity index (χ4n) is 5.23. The summed E-state index contributed by atoms with van der Waals surface area (Å²) in [4.78, 5) is 11.0. The van der Waals surface area contributed by atoms with Gasteiger partial charge < -0.3 is 43.0 Å². The molecule has 4 aromatic rings. The summed E-state index contributed by atoms with van der Waals surface area (Å²) in [5.41, 5.74) is 19.4. The van der Waals surface area contributed by atoms with Gasteiger partial charge in [0.2, 0.25) is 0 Å². The van der Waals surface area contributed by atoms with E-state index in [0.29, 0.717) is 19.6 Å². The number of hydrogen-bond acceptors (Lipinski definition) is 10. The molecule has 1 fully saturated rings. The molecule has 0 atom stereocenters. The number of anilines is 2. The van der Waals surface area contributed by atoms with Gasteiger partial charge in [0.25, 0.3) is 0 Å². The van der Waals surface area contributed by atoms with Crippen LogP contribution in [0.5, 0.6) is 0 Å². The quantitative estimate of drug-likeness (QED) is 0.0678. The van der Waals surface area contributed by atoms with Crippen LogP contribution in [0.25, 0.3) is 11.4 Å². The predicted octanol–water partition coefficient (Wildman–Crippen LogP) is 5.84. The molecule has 10 nitrogen and oxygen atoms in total. The zero-order valence-electron chi connectivity index (χ0n) is 29.9. The van der Waals surface area contributed by atoms with Crippen molar-refractivity contribution in [2.45, 2.75) is 39.4 Å². The molecule has 268 valence electrons. The van der Waals surface area contributed by atoms with Crippen LogP contribution in [-0.2, 0) is 19.6 Å². The number of likely N-dealkylation sites (tertiary alicyclic amines) is 1. The average molecular weight is 687 g/mol. The molecule has 1 aliphatic heterocycles. The highest BCUT2D eigenvalue weighted by atomic mass is 15.2. The van der Waals surface area contributed by atoms with Gasteiger partial charge in [0.15, 0.2) is 5.82 Å². The highest BCUT2D eigenvalue weighted by molar-refractivity contribution is 5.55. The molecule has 1 saturated heterocycles. The Kier molecular flexibility index (Phi) is 14.8. The number of aromatic nitrogens is 2. The molecule has 51 heavy (non-hydrogen) atoms. The molecule has 9 N–H and O–H groups in total. The van der Waals surface area contributed by atoms with Gasteiger partial charge in [0.1, 0.15) is 0 Å². The molecule has 3 aromatic carbocycles. The third kappa shape index (κ3) is 13.9. The summed E-state index contributed by atoms with van der Waals surface area (Å²) in [6.45, 7) is 24.2. The smallest absolute Gasteiger partial charge is 0.159 e. The third-order valence-corrected chi connectivity index (χ3v) is 8.52. The van der Waals surface area contributed by atoms with E-state index < -0.39 is 0 Å². The van der Waals surface area contributed by atoms with Crippen LogP contribution < -0.4 is 38.1 Å². The largest absolute Gasteiger partial charge is 0.399 e. The Labute approximate surface area is 303 Å². The standard InChI is InChI=1S/C23H26N6.C18H28N4/c1-17(14-28-18(2)29-15-19-7-9-22(24)10-8-19)27-16-20-5-3-6-21(13-20)23-25-11-4-12-26-23;1-14-8-10-22(11-9-14)15(2)12-20-16(3)21-13-17-4-6-18(19)7-5-17/h3-13,27-29H,1-2,14-16,24H2;4-7,14,20-21H,2-3,8-13,19H2,1H3. The second-order valence-electron chi connectivity index (χ2n) is 12.8. The van der Waals surface area contributed by atoms with Gasteiger partial charge in [-0.1, -0.05) is 75.7 Å². The molecule has 1 aliphatic rings. The Balaban J connectivity index is 0.000000238. The van der Waals surface area contributed by atoms with Gasteiger partial charge in [-0.2, -0.15) is 0 Å². The van der Waals surface area contributed by atoms with Gasteiger partial charge in [-0.3, -0.25) is 0 Å². The van der Waals surface area contributed by atoms with Crippen LogP contribution in [0.1, 0.15) is 36.5 Å². The Morgan fingerprint density at radius 1 is 0.667 bits per heavy atom. The number of piperidine rings is 1. The Morgan fingerprint density at radius 2 is 1.20 bits per heavy atom. The van der Waals surface area contributed by atoms with Gasteiger partial charge >= 0.3 is 0 Å². The van der Waals surface area contributed by atoms with E-state index in [1.54, 1.807) is 12.4 Å². The van der Waals surface area contributed by atoms with Crippen molar-refractivity contribution in [3.05, 3.63) is 157 Å². The highest BCUT2D eigenvalue weighted by Gasteiger charge is 2.16. The fourth-order valence-corrected chi connectivity index (χ4v) is 5.23. The van der Waals surface area contributed by atoms with E-state index in [-0.39, 0.29) is 0 Å². The second-order valence-corrected chi connectivity index (χ2v) is 12.8. The summed E-state index contributed by atoms with van der Waals surface area (Å²) < 4.78 is 0. The van der Waals surface area contributed by atoms with Gasteiger partial charge in [-0.15, -0.1) is 0 Å². The normalized spacial score (nSPS) is 12.5. The first-order valence-corrected chi connectivity index (χ1v) is 17.4. The molecule has 1 aromatic heterocycles. The van der Waals surface area contributed by atoms with Crippen molar-refractivity contribution >= 4 is 11.4 Å². The van der Waals surface area contributed by atoms with E-state index in [2.05, 4.69) is 86.8 Å². The summed E-state index contributed by atoms with van der Waals surface area (Å²) >= 11 is 0. The molecule has 0 radical (unpaired) electrons. The maximum absolute atomic E-state index is 5.70. The zero-order valence-corrected chi connectivity index (χ0v) is 29.9. The Morgan fingerprint density at radius 3 is 1.76 bits per heavy atom. The van der Waals surface area contributed by atoms with Crippen LogP contribution in [0.4, 0.5) is 11.4 Å². The van der Waals surface area contributed by atoms with E-state index in [4.69, 9.17) is 11.5 Å². The summed E-state index contributed by atoms with van der Waals surface area (Å²) in [5, 5.41) is 16.4. The number of benzene rings is 3. The number of nitrogen functional groups attached to an aromatic ring is 2. The molecule has 2 heterocycles. The highest BCUT2D eigenvalue weighted by Crippen LogP contribution is 2.19. The summed E-state index contributed by atoms with van der Waals surface area (Å²) in [6.07, 6.45) is 6.01. The topological polar surface area (TPSA) is 141 Å². The summed E-state index contributed by atoms with van der Waals surface area (Å²) in [6, 6.07) is 25.6. The lowest BCUT2D eigenvalue weighted by Crippen LogP contribution is -2.36. The second kappa shape index (κ2) is 19.9. The van der Waals surface area contributed by atoms with Gasteiger partial charge in [-0.05, 0) is 71.8 Å². The number of hydrogen-bond donors (Lipinski definition) is 7. The summed E-state index contributed by atoms with van der Waals surface area (Å²) in [7, 11) is 0. The minimum atomic E-state index is 0.578. The maximum Gasteiger partial charge on any atom is 0.159 e. The van der Waals surface area contributed by atoms with Crippen molar-refractivity contribution in [2.24, 2.45) is 5.92 Å². The SMILES string of the molecule is C=C(CNC(=C)NCc1ccc(N)cc1)NCc1cccc(-c2ncccn2)c1.C=C(NCC(=C)N1CCC(C)CC1)NCc1ccc(N)cc1. The van der Waals surface area contributed by atoms with E-state index in [1.807, 2.05) is 66.7 Å². The minimum absolute atomic E-state index is 0.578. The molecule has 0 aliphatic carbocycles. The number of nitrogens with one attached hydrogen (secondary N) is 5. The molecule has 0 saturated carbocycles. The number of nitrogens with two attached hydrogens (primary N) is 2. The Bertz CT molecular complexity index is 1690. The first-order chi connectivity index (χ1) is 24.6. The first-order valence-electron chi connectivity index (χ1n) is 17.4. The van der Waals surface area contributed by atoms with E-state index in [0.717, 1.165) is 89.0 Å². The summed E-state index contributed by atoms with van der Waals surface area (Å²) in [5.74, 6) is 3.13. The van der Waals surface area contributed by atoms with Crippen LogP contribution in [0.3, 0.4) is 0 Å². The number of rotatable bonds is 17. The van der Waals surface area contributed by atoms with Crippen LogP contribution in [0, 0.1) is 5.92 Å². The molecule has 0 amide bonds. The molecular weight excluding hydrogens is 633 g/mol. The monoisotopic (exact) mass is 686 g/mol. The van der Waals surface area contributed by atoms with Gasteiger partial charge in [0.05, 0.1) is 24.7 Å². The fraction of sp³-hybridized carbons (Fsp3) is 0.268. The van der Waals surface area contributed by atoms with Crippen LogP contribution >= 0.6 is 0 Å². The number of nitrogens with zero attached hydrogens (tertiary/aromatic N) is 3.